The first-order chi connectivity index (χ1) is 22.7. The van der Waals surface area contributed by atoms with Gasteiger partial charge in [0.15, 0.2) is 5.75 Å². The van der Waals surface area contributed by atoms with Gasteiger partial charge in [0.05, 0.1) is 36.6 Å². The van der Waals surface area contributed by atoms with Crippen molar-refractivity contribution in [2.75, 3.05) is 14.2 Å². The number of para-hydroxylation sites is 1. The Morgan fingerprint density at radius 1 is 0.667 bits per heavy atom. The number of benzene rings is 3. The van der Waals surface area contributed by atoms with E-state index in [0.29, 0.717) is 17.8 Å². The Labute approximate surface area is 307 Å². The number of fused-ring (bicyclic) bond motifs is 1. The molecular formula is C41H59AuN3O2P+2. The molecule has 0 radical (unpaired) electrons. The van der Waals surface area contributed by atoms with E-state index in [9.17, 15) is 0 Å². The molecule has 264 valence electrons. The number of aromatic nitrogens is 3. The van der Waals surface area contributed by atoms with Crippen LogP contribution in [0.2, 0.25) is 0 Å². The molecule has 0 saturated heterocycles. The summed E-state index contributed by atoms with van der Waals surface area (Å²) in [7, 11) is 2.88. The number of aromatic amines is 1. The van der Waals surface area contributed by atoms with Crippen molar-refractivity contribution in [3.63, 3.8) is 0 Å². The molecule has 2 fully saturated rings. The maximum absolute atomic E-state index is 6.30. The summed E-state index contributed by atoms with van der Waals surface area (Å²) in [4.78, 5) is 0. The fraction of sp³-hybridized carbons (Fsp3) is 0.561. The molecule has 5 nitrogen and oxygen atoms in total. The van der Waals surface area contributed by atoms with Gasteiger partial charge < -0.3 is 9.47 Å². The minimum atomic E-state index is -0.889. The van der Waals surface area contributed by atoms with Crippen molar-refractivity contribution < 1.29 is 31.9 Å². The number of ether oxygens (including phenoxy) is 2. The van der Waals surface area contributed by atoms with Gasteiger partial charge >= 0.3 is 22.4 Å². The van der Waals surface area contributed by atoms with Gasteiger partial charge in [-0.1, -0.05) is 83.9 Å². The Kier molecular flexibility index (Phi) is 14.6. The smallest absolute Gasteiger partial charge is 0.496 e. The quantitative estimate of drug-likeness (QED) is 0.135. The first-order valence-corrected chi connectivity index (χ1v) is 20.0. The van der Waals surface area contributed by atoms with Crippen molar-refractivity contribution >= 4 is 24.3 Å². The Bertz CT molecular complexity index is 1510. The van der Waals surface area contributed by atoms with Crippen LogP contribution in [0.3, 0.4) is 0 Å². The molecular weight excluding hydrogens is 794 g/mol. The van der Waals surface area contributed by atoms with Gasteiger partial charge in [-0.3, -0.25) is 5.10 Å². The monoisotopic (exact) mass is 853 g/mol. The van der Waals surface area contributed by atoms with Crippen LogP contribution in [0.25, 0.3) is 22.2 Å². The molecule has 7 heteroatoms. The summed E-state index contributed by atoms with van der Waals surface area (Å²) in [6, 6.07) is 17.2. The Morgan fingerprint density at radius 2 is 1.19 bits per heavy atom. The number of nitrogens with zero attached hydrogens (tertiary/aromatic N) is 2. The van der Waals surface area contributed by atoms with Crippen LogP contribution in [0.4, 0.5) is 0 Å². The molecule has 0 atom stereocenters. The predicted octanol–water partition coefficient (Wildman–Crippen LogP) is 11.2. The van der Waals surface area contributed by atoms with Crippen LogP contribution >= 0.6 is 7.92 Å². The van der Waals surface area contributed by atoms with Gasteiger partial charge in [0.25, 0.3) is 0 Å². The molecule has 6 rings (SSSR count). The van der Waals surface area contributed by atoms with E-state index in [-0.39, 0.29) is 22.4 Å². The molecule has 1 aromatic heterocycles. The zero-order chi connectivity index (χ0) is 33.5. The number of hydrogen-bond acceptors (Lipinski definition) is 4. The van der Waals surface area contributed by atoms with Gasteiger partial charge in [-0.05, 0) is 116 Å². The third kappa shape index (κ3) is 8.76. The van der Waals surface area contributed by atoms with E-state index < -0.39 is 7.92 Å². The van der Waals surface area contributed by atoms with E-state index >= 15 is 0 Å². The topological polar surface area (TPSA) is 60.0 Å². The maximum Gasteiger partial charge on any atom is 1.00 e. The van der Waals surface area contributed by atoms with E-state index in [2.05, 4.69) is 81.2 Å². The van der Waals surface area contributed by atoms with Crippen LogP contribution in [0.5, 0.6) is 11.5 Å². The van der Waals surface area contributed by atoms with E-state index in [1.165, 1.54) is 92.0 Å². The van der Waals surface area contributed by atoms with Crippen LogP contribution in [0.15, 0.2) is 48.5 Å². The summed E-state index contributed by atoms with van der Waals surface area (Å²) in [6.07, 6.45) is 14.0. The average molecular weight is 854 g/mol. The van der Waals surface area contributed by atoms with Gasteiger partial charge in [0.2, 0.25) is 0 Å². The summed E-state index contributed by atoms with van der Waals surface area (Å²) < 4.78 is 12.6. The van der Waals surface area contributed by atoms with Crippen molar-refractivity contribution in [2.24, 2.45) is 0 Å². The number of methoxy groups -OCH3 is 2. The molecule has 48 heavy (non-hydrogen) atoms. The largest absolute Gasteiger partial charge is 1.00 e. The average Bonchev–Trinajstić information content (AvgIpc) is 3.58. The SMILES string of the molecule is COc1ccc(OC)c([PH+](C2CCCCC2)C2CCCCC2)c1-c1c(C(C)C)cc(C(C)C)cc1C(C)C.[Au+].c1ccc2[nH]nnc2c1. The Morgan fingerprint density at radius 3 is 1.67 bits per heavy atom. The van der Waals surface area contributed by atoms with E-state index in [0.717, 1.165) is 33.9 Å². The summed E-state index contributed by atoms with van der Waals surface area (Å²) in [5, 5.41) is 11.8. The molecule has 0 amide bonds. The standard InChI is InChI=1S/C35H53O2P.C6H5N3.Au/c1-23(2)26-21-29(24(3)4)33(30(22-26)25(5)6)34-31(36-7)19-20-32(37-8)35(34)38(27-15-11-9-12-16-27)28-17-13-10-14-18-28;1-2-4-6-5(3-1)7-9-8-6;/h19-25,27-28H,9-18H2,1-8H3;1-4H,(H,7,8,9);/q;;+1/p+1. The van der Waals surface area contributed by atoms with Gasteiger partial charge in [-0.15, -0.1) is 5.10 Å². The third-order valence-electron chi connectivity index (χ3n) is 10.6. The second-order valence-corrected chi connectivity index (χ2v) is 17.8. The van der Waals surface area contributed by atoms with Crippen molar-refractivity contribution in [1.29, 1.82) is 0 Å². The third-order valence-corrected chi connectivity index (χ3v) is 14.5. The molecule has 3 aromatic carbocycles. The van der Waals surface area contributed by atoms with Gasteiger partial charge in [0.1, 0.15) is 16.6 Å². The molecule has 0 bridgehead atoms. The summed E-state index contributed by atoms with van der Waals surface area (Å²) in [6.45, 7) is 14.1. The van der Waals surface area contributed by atoms with Crippen molar-refractivity contribution in [3.05, 3.63) is 65.2 Å². The maximum atomic E-state index is 6.30. The zero-order valence-electron chi connectivity index (χ0n) is 30.6. The molecule has 0 unspecified atom stereocenters. The van der Waals surface area contributed by atoms with E-state index in [4.69, 9.17) is 9.47 Å². The van der Waals surface area contributed by atoms with Crippen molar-refractivity contribution in [3.8, 4) is 22.6 Å². The zero-order valence-corrected chi connectivity index (χ0v) is 33.8. The van der Waals surface area contributed by atoms with Crippen LogP contribution < -0.4 is 14.8 Å². The Hall–Kier alpha value is -2.17. The van der Waals surface area contributed by atoms with Crippen LogP contribution in [0.1, 0.15) is 140 Å². The molecule has 2 saturated carbocycles. The van der Waals surface area contributed by atoms with Crippen LogP contribution in [0, 0.1) is 0 Å². The molecule has 1 N–H and O–H groups in total. The van der Waals surface area contributed by atoms with E-state index in [1.807, 2.05) is 38.5 Å². The van der Waals surface area contributed by atoms with Gasteiger partial charge in [0, 0.05) is 7.92 Å². The Balaban J connectivity index is 0.000000444. The fourth-order valence-electron chi connectivity index (χ4n) is 8.04. The van der Waals surface area contributed by atoms with Crippen LogP contribution in [-0.4, -0.2) is 40.9 Å². The molecule has 2 aliphatic carbocycles. The minimum Gasteiger partial charge on any atom is -0.496 e. The minimum absolute atomic E-state index is 0. The number of hydrogen-bond donors (Lipinski definition) is 1. The first-order valence-electron chi connectivity index (χ1n) is 18.3. The second kappa shape index (κ2) is 18.2. The molecule has 2 aliphatic rings. The molecule has 0 spiro atoms. The predicted molar refractivity (Wildman–Crippen MR) is 203 cm³/mol. The van der Waals surface area contributed by atoms with Crippen LogP contribution in [-0.2, 0) is 22.4 Å². The van der Waals surface area contributed by atoms with Gasteiger partial charge in [-0.2, -0.15) is 0 Å². The van der Waals surface area contributed by atoms with E-state index in [1.54, 1.807) is 5.30 Å². The van der Waals surface area contributed by atoms with Crippen molar-refractivity contribution in [2.45, 2.75) is 135 Å². The second-order valence-electron chi connectivity index (χ2n) is 14.7. The summed E-state index contributed by atoms with van der Waals surface area (Å²) in [5.74, 6) is 3.53. The summed E-state index contributed by atoms with van der Waals surface area (Å²) >= 11 is 0. The normalized spacial score (nSPS) is 15.9. The van der Waals surface area contributed by atoms with Crippen molar-refractivity contribution in [1.82, 2.24) is 15.4 Å². The number of H-pyrrole nitrogens is 1. The molecule has 1 heterocycles. The fourth-order valence-corrected chi connectivity index (χ4v) is 12.6. The molecule has 4 aromatic rings. The molecule has 0 aliphatic heterocycles. The summed E-state index contributed by atoms with van der Waals surface area (Å²) in [5.41, 5.74) is 10.8. The van der Waals surface area contributed by atoms with Gasteiger partial charge in [-0.25, -0.2) is 0 Å². The number of rotatable bonds is 9. The number of nitrogens with one attached hydrogen (secondary N) is 1. The first kappa shape index (κ1) is 38.6.